The molecule has 2 aromatic heterocycles. The van der Waals surface area contributed by atoms with Crippen molar-refractivity contribution in [2.24, 2.45) is 0 Å². The van der Waals surface area contributed by atoms with Crippen LogP contribution in [0.2, 0.25) is 0 Å². The van der Waals surface area contributed by atoms with E-state index < -0.39 is 18.5 Å². The van der Waals surface area contributed by atoms with Crippen molar-refractivity contribution in [2.45, 2.75) is 13.8 Å². The van der Waals surface area contributed by atoms with Gasteiger partial charge in [0, 0.05) is 11.6 Å². The van der Waals surface area contributed by atoms with E-state index >= 15 is 0 Å². The fourth-order valence-corrected chi connectivity index (χ4v) is 3.05. The van der Waals surface area contributed by atoms with Gasteiger partial charge in [0.25, 0.3) is 5.91 Å². The number of ether oxygens (including phenoxy) is 1. The molecule has 1 aromatic carbocycles. The molecule has 3 aromatic rings. The third kappa shape index (κ3) is 4.10. The summed E-state index contributed by atoms with van der Waals surface area (Å²) in [7, 11) is 0. The zero-order valence-corrected chi connectivity index (χ0v) is 14.4. The average Bonchev–Trinajstić information content (AvgIpc) is 3.19. The van der Waals surface area contributed by atoms with Gasteiger partial charge in [-0.05, 0) is 13.8 Å². The van der Waals surface area contributed by atoms with Gasteiger partial charge in [-0.1, -0.05) is 35.5 Å². The molecular weight excluding hydrogens is 342 g/mol. The van der Waals surface area contributed by atoms with Gasteiger partial charge in [-0.25, -0.2) is 9.78 Å². The van der Waals surface area contributed by atoms with Gasteiger partial charge in [-0.3, -0.25) is 10.1 Å². The largest absolute Gasteiger partial charge is 0.451 e. The van der Waals surface area contributed by atoms with Crippen LogP contribution in [0.1, 0.15) is 21.1 Å². The molecule has 2 heterocycles. The molecule has 0 spiro atoms. The second-order valence-corrected chi connectivity index (χ2v) is 6.26. The first-order valence-electron chi connectivity index (χ1n) is 7.46. The second-order valence-electron chi connectivity index (χ2n) is 5.26. The minimum Gasteiger partial charge on any atom is -0.451 e. The van der Waals surface area contributed by atoms with Crippen molar-refractivity contribution in [1.82, 2.24) is 10.1 Å². The van der Waals surface area contributed by atoms with Crippen LogP contribution >= 0.6 is 11.3 Å². The van der Waals surface area contributed by atoms with Crippen LogP contribution in [0, 0.1) is 13.8 Å². The van der Waals surface area contributed by atoms with Crippen molar-refractivity contribution in [1.29, 1.82) is 0 Å². The highest BCUT2D eigenvalue weighted by Crippen LogP contribution is 2.28. The van der Waals surface area contributed by atoms with Gasteiger partial charge in [0.05, 0.1) is 11.4 Å². The summed E-state index contributed by atoms with van der Waals surface area (Å²) in [6.45, 7) is 3.05. The van der Waals surface area contributed by atoms with Crippen molar-refractivity contribution >= 4 is 29.1 Å². The molecule has 0 unspecified atom stereocenters. The number of amides is 1. The monoisotopic (exact) mass is 357 g/mol. The highest BCUT2D eigenvalue weighted by Gasteiger charge is 2.19. The highest BCUT2D eigenvalue weighted by atomic mass is 32.1. The van der Waals surface area contributed by atoms with E-state index in [9.17, 15) is 9.59 Å². The summed E-state index contributed by atoms with van der Waals surface area (Å²) < 4.78 is 9.92. The first kappa shape index (κ1) is 16.8. The van der Waals surface area contributed by atoms with Crippen molar-refractivity contribution in [3.63, 3.8) is 0 Å². The van der Waals surface area contributed by atoms with Crippen LogP contribution in [0.15, 0.2) is 40.9 Å². The Morgan fingerprint density at radius 2 is 2.00 bits per heavy atom. The number of carbonyl (C=O) groups is 2. The third-order valence-electron chi connectivity index (χ3n) is 3.23. The molecule has 25 heavy (non-hydrogen) atoms. The quantitative estimate of drug-likeness (QED) is 0.705. The average molecular weight is 357 g/mol. The molecule has 1 amide bonds. The maximum Gasteiger partial charge on any atom is 0.350 e. The van der Waals surface area contributed by atoms with Crippen LogP contribution in [0.5, 0.6) is 0 Å². The number of hydrogen-bond donors (Lipinski definition) is 1. The summed E-state index contributed by atoms with van der Waals surface area (Å²) in [5.41, 5.74) is 2.13. The molecule has 0 aliphatic heterocycles. The molecule has 0 aliphatic carbocycles. The Bertz CT molecular complexity index is 902. The third-order valence-corrected chi connectivity index (χ3v) is 4.41. The van der Waals surface area contributed by atoms with Gasteiger partial charge in [0.1, 0.15) is 9.88 Å². The van der Waals surface area contributed by atoms with Crippen LogP contribution in [0.4, 0.5) is 5.88 Å². The summed E-state index contributed by atoms with van der Waals surface area (Å²) in [5, 5.41) is 6.84. The van der Waals surface area contributed by atoms with Crippen molar-refractivity contribution < 1.29 is 18.8 Å². The maximum absolute atomic E-state index is 12.2. The van der Waals surface area contributed by atoms with Gasteiger partial charge in [0.15, 0.2) is 6.61 Å². The molecule has 8 heteroatoms. The second kappa shape index (κ2) is 7.27. The smallest absolute Gasteiger partial charge is 0.350 e. The molecule has 1 N–H and O–H groups in total. The number of aromatic nitrogens is 2. The number of rotatable bonds is 5. The Balaban J connectivity index is 1.61. The van der Waals surface area contributed by atoms with E-state index in [1.165, 1.54) is 11.3 Å². The highest BCUT2D eigenvalue weighted by molar-refractivity contribution is 7.17. The van der Waals surface area contributed by atoms with Crippen LogP contribution < -0.4 is 5.32 Å². The number of hydrogen-bond acceptors (Lipinski definition) is 7. The molecule has 7 nitrogen and oxygen atoms in total. The van der Waals surface area contributed by atoms with E-state index in [1.807, 2.05) is 30.3 Å². The Hall–Kier alpha value is -3.00. The SMILES string of the molecule is Cc1cc(NC(=O)COC(=O)c2sc(-c3ccccc3)nc2C)on1. The number of carbonyl (C=O) groups excluding carboxylic acids is 2. The predicted octanol–water partition coefficient (Wildman–Crippen LogP) is 3.21. The topological polar surface area (TPSA) is 94.3 Å². The molecule has 0 bridgehead atoms. The number of nitrogens with zero attached hydrogens (tertiary/aromatic N) is 2. The molecule has 0 aliphatic rings. The zero-order chi connectivity index (χ0) is 17.8. The van der Waals surface area contributed by atoms with Crippen molar-refractivity contribution in [3.05, 3.63) is 52.7 Å². The van der Waals surface area contributed by atoms with E-state index in [4.69, 9.17) is 9.26 Å². The molecule has 0 fully saturated rings. The van der Waals surface area contributed by atoms with Crippen LogP contribution in [0.25, 0.3) is 10.6 Å². The van der Waals surface area contributed by atoms with E-state index in [-0.39, 0.29) is 5.88 Å². The Kier molecular flexibility index (Phi) is 4.90. The lowest BCUT2D eigenvalue weighted by atomic mass is 10.2. The molecule has 3 rings (SSSR count). The summed E-state index contributed by atoms with van der Waals surface area (Å²) >= 11 is 1.23. The predicted molar refractivity (Wildman–Crippen MR) is 92.4 cm³/mol. The fraction of sp³-hybridized carbons (Fsp3) is 0.176. The van der Waals surface area contributed by atoms with E-state index in [0.29, 0.717) is 16.3 Å². The maximum atomic E-state index is 12.2. The molecule has 0 atom stereocenters. The zero-order valence-electron chi connectivity index (χ0n) is 13.6. The van der Waals surface area contributed by atoms with Crippen LogP contribution in [-0.4, -0.2) is 28.6 Å². The lowest BCUT2D eigenvalue weighted by Crippen LogP contribution is -2.20. The number of aryl methyl sites for hydroxylation is 2. The number of nitrogens with one attached hydrogen (secondary N) is 1. The minimum atomic E-state index is -0.582. The summed E-state index contributed by atoms with van der Waals surface area (Å²) in [4.78, 5) is 28.8. The van der Waals surface area contributed by atoms with E-state index in [1.54, 1.807) is 19.9 Å². The molecule has 128 valence electrons. The van der Waals surface area contributed by atoms with Crippen LogP contribution in [0.3, 0.4) is 0 Å². The molecule has 0 radical (unpaired) electrons. The Labute approximate surface area is 147 Å². The number of anilines is 1. The van der Waals surface area contributed by atoms with Gasteiger partial charge in [-0.2, -0.15) is 0 Å². The van der Waals surface area contributed by atoms with Crippen molar-refractivity contribution in [3.8, 4) is 10.6 Å². The van der Waals surface area contributed by atoms with Crippen LogP contribution in [-0.2, 0) is 9.53 Å². The molecule has 0 saturated heterocycles. The van der Waals surface area contributed by atoms with E-state index in [2.05, 4.69) is 15.5 Å². The van der Waals surface area contributed by atoms with Crippen molar-refractivity contribution in [2.75, 3.05) is 11.9 Å². The van der Waals surface area contributed by atoms with Gasteiger partial charge in [0.2, 0.25) is 5.88 Å². The Morgan fingerprint density at radius 1 is 1.24 bits per heavy atom. The lowest BCUT2D eigenvalue weighted by molar-refractivity contribution is -0.119. The summed E-state index contributed by atoms with van der Waals surface area (Å²) in [5.74, 6) is -0.880. The molecule has 0 saturated carbocycles. The first-order valence-corrected chi connectivity index (χ1v) is 8.27. The number of esters is 1. The summed E-state index contributed by atoms with van der Waals surface area (Å²) in [6, 6.07) is 11.1. The normalized spacial score (nSPS) is 10.5. The lowest BCUT2D eigenvalue weighted by Gasteiger charge is -2.03. The first-order chi connectivity index (χ1) is 12.0. The number of thiazole rings is 1. The van der Waals surface area contributed by atoms with Gasteiger partial charge in [-0.15, -0.1) is 11.3 Å². The standard InChI is InChI=1S/C17H15N3O4S/c1-10-8-14(24-20-10)19-13(21)9-23-17(22)15-11(2)18-16(25-15)12-6-4-3-5-7-12/h3-8H,9H2,1-2H3,(H,19,21). The molecular formula is C17H15N3O4S. The number of benzene rings is 1. The summed E-state index contributed by atoms with van der Waals surface area (Å²) in [6.07, 6.45) is 0. The van der Waals surface area contributed by atoms with E-state index in [0.717, 1.165) is 10.6 Å². The van der Waals surface area contributed by atoms with Gasteiger partial charge < -0.3 is 9.26 Å². The Morgan fingerprint density at radius 3 is 2.68 bits per heavy atom. The fourth-order valence-electron chi connectivity index (χ4n) is 2.08. The van der Waals surface area contributed by atoms with Gasteiger partial charge >= 0.3 is 5.97 Å². The minimum absolute atomic E-state index is 0.207.